The van der Waals surface area contributed by atoms with Crippen molar-refractivity contribution in [2.24, 2.45) is 0 Å². The fourth-order valence-corrected chi connectivity index (χ4v) is 1.52. The minimum absolute atomic E-state index is 0.248. The summed E-state index contributed by atoms with van der Waals surface area (Å²) in [6, 6.07) is 7.73. The first-order valence-corrected chi connectivity index (χ1v) is 4.91. The van der Waals surface area contributed by atoms with Crippen LogP contribution in [0.2, 0.25) is 5.28 Å². The Hall–Kier alpha value is -1.39. The van der Waals surface area contributed by atoms with Crippen LogP contribution in [-0.2, 0) is 0 Å². The lowest BCUT2D eigenvalue weighted by atomic mass is 10.2. The molecular weight excluding hydrogens is 212 g/mol. The maximum atomic E-state index is 5.83. The van der Waals surface area contributed by atoms with Crippen LogP contribution >= 0.6 is 11.6 Å². The van der Waals surface area contributed by atoms with Crippen LogP contribution in [0.15, 0.2) is 24.3 Å². The van der Waals surface area contributed by atoms with Gasteiger partial charge < -0.3 is 5.43 Å². The summed E-state index contributed by atoms with van der Waals surface area (Å²) < 4.78 is 0. The predicted molar refractivity (Wildman–Crippen MR) is 61.9 cm³/mol. The summed E-state index contributed by atoms with van der Waals surface area (Å²) in [6.07, 6.45) is 0. The monoisotopic (exact) mass is 222 g/mol. The van der Waals surface area contributed by atoms with E-state index in [-0.39, 0.29) is 5.28 Å². The Morgan fingerprint density at radius 1 is 1.20 bits per heavy atom. The Bertz CT molecular complexity index is 484. The summed E-state index contributed by atoms with van der Waals surface area (Å²) in [5.74, 6) is 0.718. The Morgan fingerprint density at radius 2 is 1.93 bits per heavy atom. The van der Waals surface area contributed by atoms with Gasteiger partial charge in [-0.25, -0.2) is 9.99 Å². The van der Waals surface area contributed by atoms with Gasteiger partial charge in [-0.1, -0.05) is 12.1 Å². The molecule has 1 heterocycles. The molecule has 0 saturated heterocycles. The Balaban J connectivity index is 2.60. The zero-order chi connectivity index (χ0) is 10.8. The molecule has 1 aromatic carbocycles. The quantitative estimate of drug-likeness (QED) is 0.625. The highest BCUT2D eigenvalue weighted by Gasteiger charge is 2.05. The smallest absolute Gasteiger partial charge is 0.224 e. The normalized spacial score (nSPS) is 10.9. The number of hydrogen-bond donors (Lipinski definition) is 1. The topological polar surface area (TPSA) is 41.0 Å². The Kier molecular flexibility index (Phi) is 2.70. The minimum atomic E-state index is 0.248. The van der Waals surface area contributed by atoms with Crippen LogP contribution in [0, 0.1) is 0 Å². The number of nitrogens with zero attached hydrogens (tertiary/aromatic N) is 3. The molecule has 0 radical (unpaired) electrons. The average Bonchev–Trinajstić information content (AvgIpc) is 2.16. The molecule has 0 unspecified atom stereocenters. The van der Waals surface area contributed by atoms with E-state index in [0.717, 1.165) is 16.7 Å². The molecule has 5 heteroatoms. The van der Waals surface area contributed by atoms with E-state index >= 15 is 0 Å². The first-order valence-electron chi connectivity index (χ1n) is 4.53. The van der Waals surface area contributed by atoms with Crippen LogP contribution in [0.25, 0.3) is 10.9 Å². The predicted octanol–water partition coefficient (Wildman–Crippen LogP) is 2.17. The highest BCUT2D eigenvalue weighted by atomic mass is 35.5. The molecule has 15 heavy (non-hydrogen) atoms. The van der Waals surface area contributed by atoms with E-state index in [0.29, 0.717) is 0 Å². The molecule has 0 aliphatic heterocycles. The molecule has 0 amide bonds. The zero-order valence-electron chi connectivity index (χ0n) is 8.53. The van der Waals surface area contributed by atoms with Crippen molar-refractivity contribution < 1.29 is 0 Å². The molecule has 4 nitrogen and oxygen atoms in total. The standard InChI is InChI=1S/C10H11ClN4/c1-15(2)14-9-7-5-3-4-6-8(7)12-10(11)13-9/h3-6H,1-2H3,(H,12,13,14). The van der Waals surface area contributed by atoms with Crippen LogP contribution in [0.3, 0.4) is 0 Å². The van der Waals surface area contributed by atoms with E-state index < -0.39 is 0 Å². The van der Waals surface area contributed by atoms with Gasteiger partial charge in [0.15, 0.2) is 5.82 Å². The molecule has 0 spiro atoms. The number of nitrogens with one attached hydrogen (secondary N) is 1. The third-order valence-corrected chi connectivity index (χ3v) is 2.07. The van der Waals surface area contributed by atoms with Crippen molar-refractivity contribution in [2.75, 3.05) is 19.5 Å². The molecule has 78 valence electrons. The second-order valence-electron chi connectivity index (χ2n) is 3.36. The number of halogens is 1. The lowest BCUT2D eigenvalue weighted by Gasteiger charge is -2.14. The Labute approximate surface area is 92.9 Å². The summed E-state index contributed by atoms with van der Waals surface area (Å²) in [7, 11) is 3.79. The van der Waals surface area contributed by atoms with Gasteiger partial charge in [-0.15, -0.1) is 0 Å². The van der Waals surface area contributed by atoms with Crippen molar-refractivity contribution in [1.82, 2.24) is 15.0 Å². The van der Waals surface area contributed by atoms with Crippen LogP contribution < -0.4 is 5.43 Å². The third-order valence-electron chi connectivity index (χ3n) is 1.91. The van der Waals surface area contributed by atoms with Gasteiger partial charge in [0, 0.05) is 19.5 Å². The second-order valence-corrected chi connectivity index (χ2v) is 3.70. The van der Waals surface area contributed by atoms with Gasteiger partial charge in [0.25, 0.3) is 0 Å². The van der Waals surface area contributed by atoms with E-state index in [1.165, 1.54) is 0 Å². The number of rotatable bonds is 2. The Morgan fingerprint density at radius 3 is 2.67 bits per heavy atom. The fourth-order valence-electron chi connectivity index (χ4n) is 1.35. The van der Waals surface area contributed by atoms with E-state index in [1.807, 2.05) is 43.4 Å². The highest BCUT2D eigenvalue weighted by molar-refractivity contribution is 6.28. The van der Waals surface area contributed by atoms with Crippen LogP contribution in [-0.4, -0.2) is 29.1 Å². The average molecular weight is 223 g/mol. The molecule has 1 N–H and O–H groups in total. The number of anilines is 1. The van der Waals surface area contributed by atoms with Gasteiger partial charge in [-0.3, -0.25) is 0 Å². The summed E-state index contributed by atoms with van der Waals surface area (Å²) in [5, 5.41) is 3.01. The van der Waals surface area contributed by atoms with Gasteiger partial charge in [-0.05, 0) is 23.7 Å². The van der Waals surface area contributed by atoms with Crippen molar-refractivity contribution in [3.8, 4) is 0 Å². The summed E-state index contributed by atoms with van der Waals surface area (Å²) >= 11 is 5.83. The van der Waals surface area contributed by atoms with Gasteiger partial charge in [0.2, 0.25) is 5.28 Å². The van der Waals surface area contributed by atoms with Crippen molar-refractivity contribution in [3.63, 3.8) is 0 Å². The van der Waals surface area contributed by atoms with E-state index in [4.69, 9.17) is 11.6 Å². The largest absolute Gasteiger partial charge is 0.303 e. The van der Waals surface area contributed by atoms with Gasteiger partial charge in [0.05, 0.1) is 5.52 Å². The van der Waals surface area contributed by atoms with Crippen molar-refractivity contribution in [2.45, 2.75) is 0 Å². The molecule has 0 bridgehead atoms. The number of aromatic nitrogens is 2. The number of hydrogen-bond acceptors (Lipinski definition) is 4. The van der Waals surface area contributed by atoms with Crippen molar-refractivity contribution in [3.05, 3.63) is 29.5 Å². The molecule has 0 fully saturated rings. The fraction of sp³-hybridized carbons (Fsp3) is 0.200. The summed E-state index contributed by atoms with van der Waals surface area (Å²) in [5.41, 5.74) is 3.92. The molecule has 0 aliphatic carbocycles. The molecule has 1 aromatic heterocycles. The minimum Gasteiger partial charge on any atom is -0.303 e. The number of para-hydroxylation sites is 1. The molecule has 2 aromatic rings. The lowest BCUT2D eigenvalue weighted by molar-refractivity contribution is 0.493. The summed E-state index contributed by atoms with van der Waals surface area (Å²) in [4.78, 5) is 8.28. The van der Waals surface area contributed by atoms with Crippen molar-refractivity contribution >= 4 is 28.3 Å². The lowest BCUT2D eigenvalue weighted by Crippen LogP contribution is -2.20. The second kappa shape index (κ2) is 4.00. The SMILES string of the molecule is CN(C)Nc1nc(Cl)nc2ccccc12. The van der Waals surface area contributed by atoms with Crippen LogP contribution in [0.5, 0.6) is 0 Å². The zero-order valence-corrected chi connectivity index (χ0v) is 9.28. The molecule has 0 atom stereocenters. The maximum absolute atomic E-state index is 5.83. The number of fused-ring (bicyclic) bond motifs is 1. The highest BCUT2D eigenvalue weighted by Crippen LogP contribution is 2.21. The summed E-state index contributed by atoms with van der Waals surface area (Å²) in [6.45, 7) is 0. The molecule has 2 rings (SSSR count). The maximum Gasteiger partial charge on any atom is 0.224 e. The van der Waals surface area contributed by atoms with E-state index in [9.17, 15) is 0 Å². The first-order chi connectivity index (χ1) is 7.16. The van der Waals surface area contributed by atoms with Gasteiger partial charge in [0.1, 0.15) is 0 Å². The molecular formula is C10H11ClN4. The van der Waals surface area contributed by atoms with Gasteiger partial charge in [-0.2, -0.15) is 4.98 Å². The van der Waals surface area contributed by atoms with Crippen LogP contribution in [0.4, 0.5) is 5.82 Å². The van der Waals surface area contributed by atoms with Gasteiger partial charge >= 0.3 is 0 Å². The third kappa shape index (κ3) is 2.16. The first kappa shape index (κ1) is 10.1. The molecule has 0 saturated carbocycles. The van der Waals surface area contributed by atoms with E-state index in [1.54, 1.807) is 0 Å². The number of hydrazine groups is 1. The molecule has 0 aliphatic rings. The van der Waals surface area contributed by atoms with Crippen LogP contribution in [0.1, 0.15) is 0 Å². The van der Waals surface area contributed by atoms with E-state index in [2.05, 4.69) is 15.4 Å². The van der Waals surface area contributed by atoms with Crippen molar-refractivity contribution in [1.29, 1.82) is 0 Å². The number of benzene rings is 1.